The number of anilines is 2. The fourth-order valence-corrected chi connectivity index (χ4v) is 2.01. The molecule has 20 heavy (non-hydrogen) atoms. The minimum Gasteiger partial charge on any atom is -0.326 e. The van der Waals surface area contributed by atoms with Crippen molar-refractivity contribution in [1.82, 2.24) is 4.98 Å². The average Bonchev–Trinajstić information content (AvgIpc) is 2.92. The van der Waals surface area contributed by atoms with Gasteiger partial charge in [-0.15, -0.1) is 11.3 Å². The standard InChI is InChI=1S/C14H15N3O2S/c1-9(2)13(18)16-10-4-3-5-11(6-10)17-14(19)12-7-20-8-15-12/h3-9H,1-2H3,(H,16,18)(H,17,19). The van der Waals surface area contributed by atoms with Crippen molar-refractivity contribution in [3.05, 3.63) is 40.8 Å². The van der Waals surface area contributed by atoms with E-state index in [1.165, 1.54) is 11.3 Å². The fraction of sp³-hybridized carbons (Fsp3) is 0.214. The summed E-state index contributed by atoms with van der Waals surface area (Å²) in [5, 5.41) is 7.21. The Morgan fingerprint density at radius 1 is 1.20 bits per heavy atom. The first-order valence-electron chi connectivity index (χ1n) is 6.16. The topological polar surface area (TPSA) is 71.1 Å². The summed E-state index contributed by atoms with van der Waals surface area (Å²) in [6.45, 7) is 3.65. The first-order valence-corrected chi connectivity index (χ1v) is 7.11. The molecule has 2 amide bonds. The van der Waals surface area contributed by atoms with Gasteiger partial charge < -0.3 is 10.6 Å². The molecular formula is C14H15N3O2S. The molecule has 0 spiro atoms. The molecule has 2 rings (SSSR count). The third-order valence-corrected chi connectivity index (χ3v) is 3.16. The lowest BCUT2D eigenvalue weighted by Crippen LogP contribution is -2.18. The van der Waals surface area contributed by atoms with Crippen molar-refractivity contribution in [1.29, 1.82) is 0 Å². The van der Waals surface area contributed by atoms with E-state index < -0.39 is 0 Å². The van der Waals surface area contributed by atoms with E-state index in [4.69, 9.17) is 0 Å². The predicted molar refractivity (Wildman–Crippen MR) is 80.0 cm³/mol. The SMILES string of the molecule is CC(C)C(=O)Nc1cccc(NC(=O)c2cscn2)c1. The van der Waals surface area contributed by atoms with E-state index >= 15 is 0 Å². The highest BCUT2D eigenvalue weighted by molar-refractivity contribution is 7.07. The first kappa shape index (κ1) is 14.2. The summed E-state index contributed by atoms with van der Waals surface area (Å²) in [6.07, 6.45) is 0. The summed E-state index contributed by atoms with van der Waals surface area (Å²) in [4.78, 5) is 27.4. The van der Waals surface area contributed by atoms with Crippen LogP contribution in [0.15, 0.2) is 35.2 Å². The number of thiazole rings is 1. The Morgan fingerprint density at radius 2 is 1.90 bits per heavy atom. The molecule has 2 N–H and O–H groups in total. The van der Waals surface area contributed by atoms with Gasteiger partial charge in [0.2, 0.25) is 5.91 Å². The zero-order valence-corrected chi connectivity index (χ0v) is 12.0. The fourth-order valence-electron chi connectivity index (χ4n) is 1.48. The normalized spacial score (nSPS) is 10.3. The number of nitrogens with one attached hydrogen (secondary N) is 2. The van der Waals surface area contributed by atoms with Gasteiger partial charge >= 0.3 is 0 Å². The number of aromatic nitrogens is 1. The number of nitrogens with zero attached hydrogens (tertiary/aromatic N) is 1. The van der Waals surface area contributed by atoms with Crippen LogP contribution in [0.25, 0.3) is 0 Å². The molecular weight excluding hydrogens is 274 g/mol. The zero-order valence-electron chi connectivity index (χ0n) is 11.2. The maximum absolute atomic E-state index is 11.9. The Bertz CT molecular complexity index is 609. The van der Waals surface area contributed by atoms with Gasteiger partial charge in [-0.1, -0.05) is 19.9 Å². The summed E-state index contributed by atoms with van der Waals surface area (Å²) < 4.78 is 0. The molecule has 5 nitrogen and oxygen atoms in total. The highest BCUT2D eigenvalue weighted by Crippen LogP contribution is 2.17. The molecule has 0 atom stereocenters. The molecule has 0 aliphatic heterocycles. The van der Waals surface area contributed by atoms with E-state index in [0.29, 0.717) is 17.1 Å². The smallest absolute Gasteiger partial charge is 0.275 e. The molecule has 6 heteroatoms. The lowest BCUT2D eigenvalue weighted by atomic mass is 10.2. The minimum atomic E-state index is -0.265. The van der Waals surface area contributed by atoms with Crippen molar-refractivity contribution in [3.8, 4) is 0 Å². The van der Waals surface area contributed by atoms with E-state index in [2.05, 4.69) is 15.6 Å². The van der Waals surface area contributed by atoms with Crippen LogP contribution in [-0.4, -0.2) is 16.8 Å². The average molecular weight is 289 g/mol. The van der Waals surface area contributed by atoms with Crippen molar-refractivity contribution in [2.24, 2.45) is 5.92 Å². The number of carbonyl (C=O) groups is 2. The van der Waals surface area contributed by atoms with E-state index in [1.54, 1.807) is 35.2 Å². The van der Waals surface area contributed by atoms with Crippen LogP contribution < -0.4 is 10.6 Å². The van der Waals surface area contributed by atoms with Gasteiger partial charge in [-0.25, -0.2) is 4.98 Å². The largest absolute Gasteiger partial charge is 0.326 e. The summed E-state index contributed by atoms with van der Waals surface area (Å²) in [6, 6.07) is 7.02. The van der Waals surface area contributed by atoms with E-state index in [9.17, 15) is 9.59 Å². The summed E-state index contributed by atoms with van der Waals surface area (Å²) in [5.41, 5.74) is 3.25. The van der Waals surface area contributed by atoms with E-state index in [0.717, 1.165) is 0 Å². The van der Waals surface area contributed by atoms with E-state index in [1.807, 2.05) is 13.8 Å². The van der Waals surface area contributed by atoms with E-state index in [-0.39, 0.29) is 17.7 Å². The van der Waals surface area contributed by atoms with Crippen LogP contribution in [0.3, 0.4) is 0 Å². The molecule has 0 radical (unpaired) electrons. The quantitative estimate of drug-likeness (QED) is 0.909. The molecule has 0 fully saturated rings. The van der Waals surface area contributed by atoms with Gasteiger partial charge in [0, 0.05) is 22.7 Å². The second kappa shape index (κ2) is 6.29. The van der Waals surface area contributed by atoms with Crippen molar-refractivity contribution in [2.75, 3.05) is 10.6 Å². The Labute approximate surface area is 121 Å². The van der Waals surface area contributed by atoms with Crippen molar-refractivity contribution >= 4 is 34.5 Å². The molecule has 0 unspecified atom stereocenters. The van der Waals surface area contributed by atoms with Crippen LogP contribution >= 0.6 is 11.3 Å². The van der Waals surface area contributed by atoms with Crippen LogP contribution in [0.4, 0.5) is 11.4 Å². The monoisotopic (exact) mass is 289 g/mol. The number of amides is 2. The molecule has 104 valence electrons. The molecule has 1 aromatic heterocycles. The predicted octanol–water partition coefficient (Wildman–Crippen LogP) is 2.99. The molecule has 0 saturated carbocycles. The number of hydrogen-bond acceptors (Lipinski definition) is 4. The third-order valence-electron chi connectivity index (χ3n) is 2.58. The van der Waals surface area contributed by atoms with Crippen LogP contribution in [0.2, 0.25) is 0 Å². The molecule has 0 aliphatic rings. The van der Waals surface area contributed by atoms with Gasteiger partial charge in [0.15, 0.2) is 0 Å². The van der Waals surface area contributed by atoms with Crippen molar-refractivity contribution in [3.63, 3.8) is 0 Å². The highest BCUT2D eigenvalue weighted by Gasteiger charge is 2.10. The molecule has 2 aromatic rings. The molecule has 0 saturated heterocycles. The molecule has 0 aliphatic carbocycles. The number of benzene rings is 1. The van der Waals surface area contributed by atoms with Gasteiger partial charge in [0.1, 0.15) is 5.69 Å². The number of rotatable bonds is 4. The Kier molecular flexibility index (Phi) is 4.47. The Morgan fingerprint density at radius 3 is 2.50 bits per heavy atom. The van der Waals surface area contributed by atoms with Crippen LogP contribution in [-0.2, 0) is 4.79 Å². The summed E-state index contributed by atoms with van der Waals surface area (Å²) >= 11 is 1.36. The first-order chi connectivity index (χ1) is 9.56. The minimum absolute atomic E-state index is 0.0621. The van der Waals surface area contributed by atoms with Crippen LogP contribution in [0.5, 0.6) is 0 Å². The van der Waals surface area contributed by atoms with Crippen LogP contribution in [0, 0.1) is 5.92 Å². The van der Waals surface area contributed by atoms with Crippen molar-refractivity contribution < 1.29 is 9.59 Å². The highest BCUT2D eigenvalue weighted by atomic mass is 32.1. The third kappa shape index (κ3) is 3.64. The molecule has 0 bridgehead atoms. The zero-order chi connectivity index (χ0) is 14.5. The maximum Gasteiger partial charge on any atom is 0.275 e. The molecule has 1 heterocycles. The van der Waals surface area contributed by atoms with Gasteiger partial charge in [0.05, 0.1) is 5.51 Å². The van der Waals surface area contributed by atoms with Gasteiger partial charge in [-0.3, -0.25) is 9.59 Å². The van der Waals surface area contributed by atoms with Gasteiger partial charge in [0.25, 0.3) is 5.91 Å². The lowest BCUT2D eigenvalue weighted by Gasteiger charge is -2.09. The Balaban J connectivity index is 2.06. The number of carbonyl (C=O) groups excluding carboxylic acids is 2. The second-order valence-electron chi connectivity index (χ2n) is 4.55. The second-order valence-corrected chi connectivity index (χ2v) is 5.27. The molecule has 1 aromatic carbocycles. The summed E-state index contributed by atoms with van der Waals surface area (Å²) in [5.74, 6) is -0.421. The van der Waals surface area contributed by atoms with Gasteiger partial charge in [-0.05, 0) is 18.2 Å². The Hall–Kier alpha value is -2.21. The maximum atomic E-state index is 11.9. The van der Waals surface area contributed by atoms with Crippen molar-refractivity contribution in [2.45, 2.75) is 13.8 Å². The lowest BCUT2D eigenvalue weighted by molar-refractivity contribution is -0.118. The van der Waals surface area contributed by atoms with Gasteiger partial charge in [-0.2, -0.15) is 0 Å². The van der Waals surface area contributed by atoms with Crippen LogP contribution in [0.1, 0.15) is 24.3 Å². The summed E-state index contributed by atoms with van der Waals surface area (Å²) in [7, 11) is 0. The number of hydrogen-bond donors (Lipinski definition) is 2.